The van der Waals surface area contributed by atoms with E-state index in [1.807, 2.05) is 66.7 Å². The van der Waals surface area contributed by atoms with Gasteiger partial charge < -0.3 is 48.6 Å². The number of para-hydroxylation sites is 1. The third-order valence-corrected chi connectivity index (χ3v) is 8.64. The van der Waals surface area contributed by atoms with Crippen molar-refractivity contribution in [3.8, 4) is 40.2 Å². The highest BCUT2D eigenvalue weighted by atomic mass is 16.6. The number of nitrogens with one attached hydrogen (secondary N) is 2. The molecule has 12 heteroatoms. The summed E-state index contributed by atoms with van der Waals surface area (Å²) in [6.07, 6.45) is 0.343. The van der Waals surface area contributed by atoms with Gasteiger partial charge in [-0.15, -0.1) is 0 Å². The molecule has 4 aromatic carbocycles. The molecule has 0 saturated heterocycles. The van der Waals surface area contributed by atoms with Gasteiger partial charge in [-0.3, -0.25) is 4.79 Å². The minimum Gasteiger partial charge on any atom is -0.493 e. The lowest BCUT2D eigenvalue weighted by atomic mass is 9.99. The Labute approximate surface area is 296 Å². The van der Waals surface area contributed by atoms with E-state index in [9.17, 15) is 4.79 Å². The maximum atomic E-state index is 12.6. The fourth-order valence-electron chi connectivity index (χ4n) is 5.90. The standard InChI is InChI=1S/C39H41N3O9/c1-23(22-50-31-14-12-25(18-33(31)45-3)38-40-28-10-8-7-9-27(28)39(43)41-38)15-16-49-34-17-24(11-13-30(34)44-2)32-21-29(42-51-32)26-19-35(46-4)37(48-6)36(20-26)47-5/h7-14,17-20,32,38,40H,1,15-16,21-22H2,2-6H3,(H,41,43). The summed E-state index contributed by atoms with van der Waals surface area (Å²) in [5.74, 6) is 3.73. The van der Waals surface area contributed by atoms with Crippen LogP contribution in [0.2, 0.25) is 0 Å². The summed E-state index contributed by atoms with van der Waals surface area (Å²) in [6.45, 7) is 4.79. The molecular weight excluding hydrogens is 654 g/mol. The molecule has 6 rings (SSSR count). The number of nitrogens with zero attached hydrogens (tertiary/aromatic N) is 1. The van der Waals surface area contributed by atoms with Crippen molar-refractivity contribution in [2.75, 3.05) is 54.1 Å². The molecule has 2 aliphatic heterocycles. The SMILES string of the molecule is C=C(CCOc1cc(C2CC(c3cc(OC)c(OC)c(OC)c3)=NO2)ccc1OC)COc1ccc(C2NC(=O)c3ccccc3N2)cc1OC. The van der Waals surface area contributed by atoms with E-state index in [0.29, 0.717) is 65.3 Å². The number of carbonyl (C=O) groups excluding carboxylic acids is 1. The molecule has 0 saturated carbocycles. The molecule has 2 unspecified atom stereocenters. The van der Waals surface area contributed by atoms with Crippen molar-refractivity contribution < 1.29 is 42.8 Å². The molecule has 0 fully saturated rings. The Bertz CT molecular complexity index is 1920. The average molecular weight is 696 g/mol. The van der Waals surface area contributed by atoms with Crippen LogP contribution in [0.15, 0.2) is 90.1 Å². The molecule has 4 aromatic rings. The molecule has 0 bridgehead atoms. The van der Waals surface area contributed by atoms with Gasteiger partial charge in [0.2, 0.25) is 5.75 Å². The zero-order valence-electron chi connectivity index (χ0n) is 29.2. The highest BCUT2D eigenvalue weighted by Crippen LogP contribution is 2.41. The predicted octanol–water partition coefficient (Wildman–Crippen LogP) is 6.85. The van der Waals surface area contributed by atoms with Gasteiger partial charge in [0, 0.05) is 24.1 Å². The van der Waals surface area contributed by atoms with Crippen molar-refractivity contribution in [2.24, 2.45) is 5.16 Å². The van der Waals surface area contributed by atoms with Gasteiger partial charge in [0.1, 0.15) is 12.8 Å². The summed E-state index contributed by atoms with van der Waals surface area (Å²) >= 11 is 0. The van der Waals surface area contributed by atoms with E-state index in [4.69, 9.17) is 38.0 Å². The summed E-state index contributed by atoms with van der Waals surface area (Å²) in [5.41, 5.74) is 5.50. The first-order valence-electron chi connectivity index (χ1n) is 16.3. The number of ether oxygens (including phenoxy) is 7. The molecule has 1 amide bonds. The summed E-state index contributed by atoms with van der Waals surface area (Å²) in [5, 5.41) is 10.7. The monoisotopic (exact) mass is 695 g/mol. The zero-order valence-corrected chi connectivity index (χ0v) is 29.2. The smallest absolute Gasteiger partial charge is 0.255 e. The quantitative estimate of drug-likeness (QED) is 0.128. The lowest BCUT2D eigenvalue weighted by molar-refractivity contribution is 0.0854. The van der Waals surface area contributed by atoms with E-state index in [1.165, 1.54) is 0 Å². The van der Waals surface area contributed by atoms with Gasteiger partial charge in [-0.25, -0.2) is 0 Å². The number of hydrogen-bond donors (Lipinski definition) is 2. The molecule has 0 radical (unpaired) electrons. The van der Waals surface area contributed by atoms with E-state index in [-0.39, 0.29) is 18.6 Å². The molecule has 266 valence electrons. The fraction of sp³-hybridized carbons (Fsp3) is 0.282. The second kappa shape index (κ2) is 15.7. The minimum absolute atomic E-state index is 0.140. The molecule has 0 spiro atoms. The van der Waals surface area contributed by atoms with E-state index < -0.39 is 6.17 Å². The summed E-state index contributed by atoms with van der Waals surface area (Å²) < 4.78 is 39.9. The zero-order chi connectivity index (χ0) is 35.9. The Kier molecular flexibility index (Phi) is 10.7. The summed E-state index contributed by atoms with van der Waals surface area (Å²) in [7, 11) is 7.89. The van der Waals surface area contributed by atoms with E-state index in [2.05, 4.69) is 22.4 Å². The third-order valence-electron chi connectivity index (χ3n) is 8.64. The van der Waals surface area contributed by atoms with Gasteiger partial charge >= 0.3 is 0 Å². The van der Waals surface area contributed by atoms with Gasteiger partial charge in [0.15, 0.2) is 40.6 Å². The first kappa shape index (κ1) is 34.8. The molecule has 51 heavy (non-hydrogen) atoms. The fourth-order valence-corrected chi connectivity index (χ4v) is 5.90. The number of anilines is 1. The van der Waals surface area contributed by atoms with Crippen molar-refractivity contribution in [3.63, 3.8) is 0 Å². The molecule has 2 heterocycles. The normalized spacial score (nSPS) is 16.0. The lowest BCUT2D eigenvalue weighted by Crippen LogP contribution is -2.38. The van der Waals surface area contributed by atoms with Gasteiger partial charge in [-0.2, -0.15) is 0 Å². The van der Waals surface area contributed by atoms with Crippen LogP contribution in [-0.4, -0.2) is 60.4 Å². The van der Waals surface area contributed by atoms with Crippen LogP contribution in [-0.2, 0) is 4.84 Å². The molecule has 0 aliphatic carbocycles. The predicted molar refractivity (Wildman–Crippen MR) is 192 cm³/mol. The Balaban J connectivity index is 1.03. The van der Waals surface area contributed by atoms with Gasteiger partial charge in [0.05, 0.1) is 53.4 Å². The number of amides is 1. The average Bonchev–Trinajstić information content (AvgIpc) is 3.67. The summed E-state index contributed by atoms with van der Waals surface area (Å²) in [6, 6.07) is 22.4. The van der Waals surface area contributed by atoms with Crippen LogP contribution in [0.4, 0.5) is 5.69 Å². The number of carbonyl (C=O) groups is 1. The van der Waals surface area contributed by atoms with Crippen LogP contribution >= 0.6 is 0 Å². The number of methoxy groups -OCH3 is 5. The van der Waals surface area contributed by atoms with E-state index in [1.54, 1.807) is 41.6 Å². The molecule has 2 atom stereocenters. The van der Waals surface area contributed by atoms with Crippen LogP contribution in [0.25, 0.3) is 0 Å². The maximum Gasteiger partial charge on any atom is 0.255 e. The van der Waals surface area contributed by atoms with E-state index in [0.717, 1.165) is 33.7 Å². The number of benzene rings is 4. The maximum absolute atomic E-state index is 12.6. The first-order valence-corrected chi connectivity index (χ1v) is 16.3. The number of hydrogen-bond acceptors (Lipinski definition) is 11. The van der Waals surface area contributed by atoms with Crippen LogP contribution < -0.4 is 43.8 Å². The first-order chi connectivity index (χ1) is 24.8. The second-order valence-electron chi connectivity index (χ2n) is 11.8. The van der Waals surface area contributed by atoms with Gasteiger partial charge in [-0.05, 0) is 65.2 Å². The van der Waals surface area contributed by atoms with Crippen molar-refractivity contribution in [1.82, 2.24) is 5.32 Å². The lowest BCUT2D eigenvalue weighted by Gasteiger charge is -2.28. The van der Waals surface area contributed by atoms with Crippen LogP contribution in [0.5, 0.6) is 40.2 Å². The topological polar surface area (TPSA) is 127 Å². The molecule has 2 aliphatic rings. The molecule has 2 N–H and O–H groups in total. The number of oxime groups is 1. The largest absolute Gasteiger partial charge is 0.493 e. The molecular formula is C39H41N3O9. The van der Waals surface area contributed by atoms with Crippen molar-refractivity contribution in [1.29, 1.82) is 0 Å². The Morgan fingerprint density at radius 2 is 1.45 bits per heavy atom. The minimum atomic E-state index is -0.408. The van der Waals surface area contributed by atoms with Crippen LogP contribution in [0.3, 0.4) is 0 Å². The Morgan fingerprint density at radius 1 is 0.765 bits per heavy atom. The highest BCUT2D eigenvalue weighted by molar-refractivity contribution is 6.02. The Hall–Kier alpha value is -6.04. The van der Waals surface area contributed by atoms with E-state index >= 15 is 0 Å². The van der Waals surface area contributed by atoms with Crippen molar-refractivity contribution in [3.05, 3.63) is 107 Å². The second-order valence-corrected chi connectivity index (χ2v) is 11.8. The van der Waals surface area contributed by atoms with Crippen molar-refractivity contribution in [2.45, 2.75) is 25.1 Å². The molecule has 0 aromatic heterocycles. The third kappa shape index (κ3) is 7.59. The number of fused-ring (bicyclic) bond motifs is 1. The van der Waals surface area contributed by atoms with Crippen LogP contribution in [0.1, 0.15) is 52.2 Å². The molecule has 12 nitrogen and oxygen atoms in total. The van der Waals surface area contributed by atoms with Gasteiger partial charge in [-0.1, -0.05) is 36.0 Å². The Morgan fingerprint density at radius 3 is 2.18 bits per heavy atom. The number of rotatable bonds is 15. The highest BCUT2D eigenvalue weighted by Gasteiger charge is 2.28. The summed E-state index contributed by atoms with van der Waals surface area (Å²) in [4.78, 5) is 18.5. The van der Waals surface area contributed by atoms with Crippen LogP contribution in [0, 0.1) is 0 Å². The van der Waals surface area contributed by atoms with Gasteiger partial charge in [0.25, 0.3) is 5.91 Å². The van der Waals surface area contributed by atoms with Crippen molar-refractivity contribution >= 4 is 17.3 Å².